The molecule has 0 aliphatic carbocycles. The molecule has 0 rings (SSSR count). The molecule has 46 valence electrons. The molecule has 0 aromatic rings. The smallest absolute Gasteiger partial charge is 0.108 e. The molecular weight excluding hydrogens is 190 g/mol. The number of alkyl halides is 3. The Morgan fingerprint density at radius 3 is 1.88 bits per heavy atom. The number of allylic oxidation sites excluding steroid dienone is 1. The van der Waals surface area contributed by atoms with E-state index in [1.807, 2.05) is 0 Å². The van der Waals surface area contributed by atoms with Gasteiger partial charge in [-0.05, 0) is 0 Å². The van der Waals surface area contributed by atoms with Crippen LogP contribution in [0.2, 0.25) is 0 Å². The van der Waals surface area contributed by atoms with Crippen LogP contribution in [0.1, 0.15) is 0 Å². The van der Waals surface area contributed by atoms with E-state index in [2.05, 4.69) is 5.73 Å². The number of rotatable bonds is 0. The first-order valence-electron chi connectivity index (χ1n) is 1.65. The molecule has 0 aliphatic rings. The average molecular weight is 192 g/mol. The predicted molar refractivity (Wildman–Crippen MR) is 38.8 cm³/mol. The highest BCUT2D eigenvalue weighted by Crippen LogP contribution is 2.26. The Balaban J connectivity index is 3.89. The molecule has 0 radical (unpaired) electrons. The topological polar surface area (TPSA) is 0 Å². The lowest BCUT2D eigenvalue weighted by molar-refractivity contribution is 1.48. The lowest BCUT2D eigenvalue weighted by Crippen LogP contribution is -1.91. The molecule has 0 spiro atoms. The molecule has 0 nitrogen and oxygen atoms in total. The van der Waals surface area contributed by atoms with E-state index in [9.17, 15) is 0 Å². The lowest BCUT2D eigenvalue weighted by atomic mass is 10.7. The highest BCUT2D eigenvalue weighted by atomic mass is 35.6. The van der Waals surface area contributed by atoms with Crippen molar-refractivity contribution >= 4 is 46.4 Å². The van der Waals surface area contributed by atoms with Gasteiger partial charge in [0.15, 0.2) is 0 Å². The summed E-state index contributed by atoms with van der Waals surface area (Å²) in [7, 11) is 0. The van der Waals surface area contributed by atoms with Crippen LogP contribution in [-0.2, 0) is 0 Å². The third kappa shape index (κ3) is 6.68. The van der Waals surface area contributed by atoms with E-state index in [1.54, 1.807) is 0 Å². The van der Waals surface area contributed by atoms with E-state index in [0.29, 0.717) is 0 Å². The van der Waals surface area contributed by atoms with Gasteiger partial charge in [-0.2, -0.15) is 0 Å². The second kappa shape index (κ2) is 3.66. The van der Waals surface area contributed by atoms with E-state index >= 15 is 0 Å². The first kappa shape index (κ1) is 8.68. The fraction of sp³-hybridized carbons (Fsp3) is 0.250. The van der Waals surface area contributed by atoms with Gasteiger partial charge < -0.3 is 0 Å². The van der Waals surface area contributed by atoms with Gasteiger partial charge in [0.25, 0.3) is 0 Å². The third-order valence-corrected chi connectivity index (χ3v) is 0.763. The Morgan fingerprint density at radius 1 is 1.25 bits per heavy atom. The van der Waals surface area contributed by atoms with Crippen LogP contribution < -0.4 is 0 Å². The summed E-state index contributed by atoms with van der Waals surface area (Å²) >= 11 is 20.8. The molecule has 0 aliphatic heterocycles. The van der Waals surface area contributed by atoms with Gasteiger partial charge in [0, 0.05) is 11.6 Å². The van der Waals surface area contributed by atoms with E-state index in [0.717, 1.165) is 5.54 Å². The van der Waals surface area contributed by atoms with Gasteiger partial charge in [-0.25, -0.2) is 0 Å². The number of hydrogen-bond donors (Lipinski definition) is 0. The average Bonchev–Trinajstić information content (AvgIpc) is 1.59. The van der Waals surface area contributed by atoms with Crippen LogP contribution >= 0.6 is 46.4 Å². The molecule has 4 heteroatoms. The molecule has 0 fully saturated rings. The van der Waals surface area contributed by atoms with Crippen LogP contribution in [0.3, 0.4) is 0 Å². The summed E-state index contributed by atoms with van der Waals surface area (Å²) in [4.78, 5) is 0. The van der Waals surface area contributed by atoms with Crippen molar-refractivity contribution in [3.05, 3.63) is 17.3 Å². The van der Waals surface area contributed by atoms with Crippen molar-refractivity contribution in [1.82, 2.24) is 0 Å². The van der Waals surface area contributed by atoms with Crippen molar-refractivity contribution < 1.29 is 0 Å². The maximum Gasteiger partial charge on any atom is 0.216 e. The molecule has 0 atom stereocenters. The Morgan fingerprint density at radius 2 is 1.75 bits per heavy atom. The van der Waals surface area contributed by atoms with Crippen LogP contribution in [-0.4, -0.2) is 3.79 Å². The number of hydrogen-bond acceptors (Lipinski definition) is 0. The fourth-order valence-corrected chi connectivity index (χ4v) is 0.378. The Kier molecular flexibility index (Phi) is 3.97. The summed E-state index contributed by atoms with van der Waals surface area (Å²) in [5, 5.41) is 0. The van der Waals surface area contributed by atoms with Crippen molar-refractivity contribution in [2.24, 2.45) is 0 Å². The third-order valence-electron chi connectivity index (χ3n) is 0.310. The Bertz CT molecular complexity index is 114. The first-order valence-corrected chi connectivity index (χ1v) is 3.22. The van der Waals surface area contributed by atoms with Crippen molar-refractivity contribution in [3.8, 4) is 0 Å². The van der Waals surface area contributed by atoms with Gasteiger partial charge in [0.2, 0.25) is 3.79 Å². The zero-order valence-corrected chi connectivity index (χ0v) is 6.69. The first-order chi connectivity index (χ1) is 3.56. The maximum absolute atomic E-state index is 5.25. The van der Waals surface area contributed by atoms with Gasteiger partial charge in [0.05, 0.1) is 0 Å². The second-order valence-electron chi connectivity index (χ2n) is 0.962. The normalized spacial score (nSPS) is 10.0. The summed E-state index contributed by atoms with van der Waals surface area (Å²) in [5.41, 5.74) is 3.55. The molecule has 0 unspecified atom stereocenters. The Labute approximate surface area is 67.7 Å². The lowest BCUT2D eigenvalue weighted by Gasteiger charge is -1.97. The zero-order chi connectivity index (χ0) is 6.62. The van der Waals surface area contributed by atoms with Crippen molar-refractivity contribution in [3.63, 3.8) is 0 Å². The quantitative estimate of drug-likeness (QED) is 0.408. The second-order valence-corrected chi connectivity index (χ2v) is 3.55. The van der Waals surface area contributed by atoms with Gasteiger partial charge in [-0.15, -0.1) is 5.73 Å². The zero-order valence-electron chi connectivity index (χ0n) is 3.67. The highest BCUT2D eigenvalue weighted by molar-refractivity contribution is 6.68. The van der Waals surface area contributed by atoms with Crippen LogP contribution in [0, 0.1) is 0 Å². The van der Waals surface area contributed by atoms with Crippen LogP contribution in [0.25, 0.3) is 0 Å². The van der Waals surface area contributed by atoms with Crippen molar-refractivity contribution in [2.75, 3.05) is 0 Å². The van der Waals surface area contributed by atoms with E-state index < -0.39 is 3.79 Å². The molecule has 0 saturated carbocycles. The molecule has 0 bridgehead atoms. The predicted octanol–water partition coefficient (Wildman–Crippen LogP) is 3.26. The Hall–Kier alpha value is 0.680. The van der Waals surface area contributed by atoms with E-state index in [1.165, 1.54) is 6.08 Å². The summed E-state index contributed by atoms with van der Waals surface area (Å²) in [6.45, 7) is 0. The molecule has 0 N–H and O–H groups in total. The summed E-state index contributed by atoms with van der Waals surface area (Å²) in [6.07, 6.45) is 1.23. The monoisotopic (exact) mass is 190 g/mol. The summed E-state index contributed by atoms with van der Waals surface area (Å²) < 4.78 is -1.38. The van der Waals surface area contributed by atoms with Crippen LogP contribution in [0.4, 0.5) is 0 Å². The number of halogens is 4. The SMILES string of the molecule is ClC=C=CC(Cl)(Cl)Cl. The molecule has 0 aromatic heterocycles. The van der Waals surface area contributed by atoms with E-state index in [-0.39, 0.29) is 0 Å². The van der Waals surface area contributed by atoms with Crippen LogP contribution in [0.15, 0.2) is 17.3 Å². The molecule has 8 heavy (non-hydrogen) atoms. The largest absolute Gasteiger partial charge is 0.216 e. The molecule has 0 amide bonds. The highest BCUT2D eigenvalue weighted by Gasteiger charge is 2.12. The van der Waals surface area contributed by atoms with Gasteiger partial charge >= 0.3 is 0 Å². The summed E-state index contributed by atoms with van der Waals surface area (Å²) in [6, 6.07) is 0. The molecule has 0 heterocycles. The summed E-state index contributed by atoms with van der Waals surface area (Å²) in [5.74, 6) is 0. The maximum atomic E-state index is 5.25. The molecular formula is C4H2Cl4. The molecule has 0 saturated heterocycles. The molecule has 0 aromatic carbocycles. The van der Waals surface area contributed by atoms with Crippen molar-refractivity contribution in [2.45, 2.75) is 3.79 Å². The van der Waals surface area contributed by atoms with Gasteiger partial charge in [-0.1, -0.05) is 46.4 Å². The minimum Gasteiger partial charge on any atom is -0.108 e. The standard InChI is InChI=1S/C4H2Cl4/c5-3-1-2-4(6,7)8/h2-3H. The van der Waals surface area contributed by atoms with Crippen LogP contribution in [0.5, 0.6) is 0 Å². The minimum atomic E-state index is -1.38. The van der Waals surface area contributed by atoms with E-state index in [4.69, 9.17) is 46.4 Å². The van der Waals surface area contributed by atoms with Gasteiger partial charge in [0.1, 0.15) is 0 Å². The fourth-order valence-electron chi connectivity index (χ4n) is 0.126. The minimum absolute atomic E-state index is 1.14. The van der Waals surface area contributed by atoms with Gasteiger partial charge in [-0.3, -0.25) is 0 Å². The van der Waals surface area contributed by atoms with Crippen molar-refractivity contribution in [1.29, 1.82) is 0 Å².